The third-order valence-corrected chi connectivity index (χ3v) is 4.00. The molecule has 3 aromatic rings. The van der Waals surface area contributed by atoms with E-state index in [1.165, 1.54) is 12.1 Å². The van der Waals surface area contributed by atoms with E-state index in [9.17, 15) is 9.50 Å². The first-order valence-electron chi connectivity index (χ1n) is 7.66. The van der Waals surface area contributed by atoms with E-state index < -0.39 is 6.10 Å². The highest BCUT2D eigenvalue weighted by molar-refractivity contribution is 5.64. The van der Waals surface area contributed by atoms with E-state index in [2.05, 4.69) is 20.4 Å². The minimum absolute atomic E-state index is 0.132. The summed E-state index contributed by atoms with van der Waals surface area (Å²) in [5.41, 5.74) is 2.14. The van der Waals surface area contributed by atoms with E-state index in [1.54, 1.807) is 18.3 Å². The maximum absolute atomic E-state index is 13.3. The van der Waals surface area contributed by atoms with Crippen LogP contribution >= 0.6 is 0 Å². The van der Waals surface area contributed by atoms with E-state index in [4.69, 9.17) is 4.52 Å². The lowest BCUT2D eigenvalue weighted by Crippen LogP contribution is -2.15. The first-order valence-corrected chi connectivity index (χ1v) is 7.66. The molecule has 0 amide bonds. The van der Waals surface area contributed by atoms with Gasteiger partial charge in [0.1, 0.15) is 11.5 Å². The Morgan fingerprint density at radius 2 is 2.12 bits per heavy atom. The Kier molecular flexibility index (Phi) is 3.79. The fourth-order valence-electron chi connectivity index (χ4n) is 2.75. The lowest BCUT2D eigenvalue weighted by Gasteiger charge is -2.02. The molecule has 4 rings (SSSR count). The average Bonchev–Trinajstić information content (AvgIpc) is 3.24. The zero-order valence-corrected chi connectivity index (χ0v) is 12.7. The van der Waals surface area contributed by atoms with Gasteiger partial charge in [0.2, 0.25) is 11.7 Å². The van der Waals surface area contributed by atoms with E-state index in [-0.39, 0.29) is 11.9 Å². The number of rotatable bonds is 3. The van der Waals surface area contributed by atoms with Gasteiger partial charge in [0, 0.05) is 18.3 Å². The average molecular weight is 326 g/mol. The first-order chi connectivity index (χ1) is 11.7. The van der Waals surface area contributed by atoms with Crippen LogP contribution in [0.5, 0.6) is 0 Å². The second-order valence-corrected chi connectivity index (χ2v) is 5.75. The molecule has 2 aromatic heterocycles. The van der Waals surface area contributed by atoms with Crippen molar-refractivity contribution in [2.45, 2.75) is 18.6 Å². The molecule has 0 bridgehead atoms. The van der Waals surface area contributed by atoms with Gasteiger partial charge in [0.25, 0.3) is 0 Å². The molecule has 0 radical (unpaired) electrons. The van der Waals surface area contributed by atoms with Gasteiger partial charge in [-0.15, -0.1) is 0 Å². The quantitative estimate of drug-likeness (QED) is 0.768. The molecule has 3 heterocycles. The van der Waals surface area contributed by atoms with Gasteiger partial charge in [-0.3, -0.25) is 4.98 Å². The van der Waals surface area contributed by atoms with Crippen LogP contribution < -0.4 is 5.32 Å². The lowest BCUT2D eigenvalue weighted by molar-refractivity contribution is 0.191. The number of aliphatic hydroxyl groups is 1. The maximum Gasteiger partial charge on any atom is 0.244 e. The molecule has 2 N–H and O–H groups in total. The summed E-state index contributed by atoms with van der Waals surface area (Å²) in [6, 6.07) is 9.82. The molecule has 0 spiro atoms. The second-order valence-electron chi connectivity index (χ2n) is 5.75. The van der Waals surface area contributed by atoms with Crippen LogP contribution in [0.4, 0.5) is 4.39 Å². The summed E-state index contributed by atoms with van der Waals surface area (Å²) in [5, 5.41) is 16.6. The molecule has 2 atom stereocenters. The molecular formula is C17H15FN4O2. The number of nitrogens with one attached hydrogen (secondary N) is 1. The molecule has 122 valence electrons. The Bertz CT molecular complexity index is 850. The monoisotopic (exact) mass is 326 g/mol. The number of benzene rings is 1. The van der Waals surface area contributed by atoms with Crippen LogP contribution in [0.2, 0.25) is 0 Å². The Hall–Kier alpha value is -2.64. The predicted octanol–water partition coefficient (Wildman–Crippen LogP) is 2.33. The molecule has 1 aliphatic heterocycles. The highest BCUT2D eigenvalue weighted by Crippen LogP contribution is 2.25. The molecule has 0 unspecified atom stereocenters. The molecule has 0 saturated carbocycles. The van der Waals surface area contributed by atoms with E-state index in [0.29, 0.717) is 30.4 Å². The van der Waals surface area contributed by atoms with Crippen molar-refractivity contribution in [2.24, 2.45) is 0 Å². The molecule has 6 nitrogen and oxygen atoms in total. The lowest BCUT2D eigenvalue weighted by atomic mass is 10.1. The number of aromatic nitrogens is 3. The molecule has 7 heteroatoms. The second kappa shape index (κ2) is 6.10. The normalized spacial score (nSPS) is 20.4. The Balaban J connectivity index is 1.56. The summed E-state index contributed by atoms with van der Waals surface area (Å²) in [6.07, 6.45) is 1.81. The molecule has 1 aromatic carbocycles. The van der Waals surface area contributed by atoms with Crippen LogP contribution in [0.25, 0.3) is 22.6 Å². The predicted molar refractivity (Wildman–Crippen MR) is 84.3 cm³/mol. The Labute approximate surface area is 137 Å². The Morgan fingerprint density at radius 3 is 2.83 bits per heavy atom. The molecular weight excluding hydrogens is 311 g/mol. The van der Waals surface area contributed by atoms with Crippen molar-refractivity contribution >= 4 is 0 Å². The molecule has 1 aliphatic rings. The summed E-state index contributed by atoms with van der Waals surface area (Å²) in [6.45, 7) is 0.517. The van der Waals surface area contributed by atoms with Gasteiger partial charge < -0.3 is 14.9 Å². The van der Waals surface area contributed by atoms with Crippen molar-refractivity contribution in [1.29, 1.82) is 0 Å². The van der Waals surface area contributed by atoms with Crippen LogP contribution in [-0.2, 0) is 0 Å². The van der Waals surface area contributed by atoms with E-state index in [0.717, 1.165) is 11.1 Å². The van der Waals surface area contributed by atoms with E-state index in [1.807, 2.05) is 12.1 Å². The van der Waals surface area contributed by atoms with Crippen LogP contribution in [0.1, 0.15) is 18.4 Å². The summed E-state index contributed by atoms with van der Waals surface area (Å²) >= 11 is 0. The minimum atomic E-state index is -0.394. The number of β-amino-alcohol motifs (C(OH)–C–C–N with tert-alkyl or cyclic N) is 1. The van der Waals surface area contributed by atoms with Gasteiger partial charge in [-0.1, -0.05) is 23.4 Å². The summed E-state index contributed by atoms with van der Waals surface area (Å²) < 4.78 is 18.6. The topological polar surface area (TPSA) is 84.1 Å². The van der Waals surface area contributed by atoms with Gasteiger partial charge in [-0.2, -0.15) is 4.98 Å². The van der Waals surface area contributed by atoms with Crippen molar-refractivity contribution in [1.82, 2.24) is 20.4 Å². The van der Waals surface area contributed by atoms with E-state index >= 15 is 0 Å². The third kappa shape index (κ3) is 2.91. The van der Waals surface area contributed by atoms with Gasteiger partial charge in [0.05, 0.1) is 12.1 Å². The van der Waals surface area contributed by atoms with Crippen LogP contribution in [0, 0.1) is 5.82 Å². The number of hydrogen-bond donors (Lipinski definition) is 2. The van der Waals surface area contributed by atoms with Crippen molar-refractivity contribution < 1.29 is 14.0 Å². The number of nitrogens with zero attached hydrogens (tertiary/aromatic N) is 3. The highest BCUT2D eigenvalue weighted by Gasteiger charge is 2.28. The highest BCUT2D eigenvalue weighted by atomic mass is 19.1. The molecule has 1 fully saturated rings. The fraction of sp³-hybridized carbons (Fsp3) is 0.235. The molecule has 24 heavy (non-hydrogen) atoms. The van der Waals surface area contributed by atoms with Crippen molar-refractivity contribution in [3.63, 3.8) is 0 Å². The zero-order chi connectivity index (χ0) is 16.5. The van der Waals surface area contributed by atoms with Gasteiger partial charge in [-0.05, 0) is 30.2 Å². The van der Waals surface area contributed by atoms with Crippen molar-refractivity contribution in [2.75, 3.05) is 6.54 Å². The smallest absolute Gasteiger partial charge is 0.244 e. The molecule has 0 aliphatic carbocycles. The third-order valence-electron chi connectivity index (χ3n) is 4.00. The number of hydrogen-bond acceptors (Lipinski definition) is 6. The largest absolute Gasteiger partial charge is 0.392 e. The standard InChI is InChI=1S/C17H15FN4O2/c18-12-3-1-2-10(6-12)11-4-5-14(19-8-11)16-21-17(24-22-16)15-7-13(23)9-20-15/h1-6,8,13,15,20,23H,7,9H2/t13-,15-/m1/s1. The fourth-order valence-corrected chi connectivity index (χ4v) is 2.75. The van der Waals surface area contributed by atoms with Crippen molar-refractivity contribution in [3.05, 3.63) is 54.3 Å². The summed E-state index contributed by atoms with van der Waals surface area (Å²) in [4.78, 5) is 8.67. The molecule has 1 saturated heterocycles. The Morgan fingerprint density at radius 1 is 1.21 bits per heavy atom. The van der Waals surface area contributed by atoms with Gasteiger partial charge >= 0.3 is 0 Å². The van der Waals surface area contributed by atoms with Crippen LogP contribution in [-0.4, -0.2) is 32.9 Å². The van der Waals surface area contributed by atoms with Crippen LogP contribution in [0.15, 0.2) is 47.1 Å². The summed E-state index contributed by atoms with van der Waals surface area (Å²) in [7, 11) is 0. The maximum atomic E-state index is 13.3. The van der Waals surface area contributed by atoms with Crippen molar-refractivity contribution in [3.8, 4) is 22.6 Å². The van der Waals surface area contributed by atoms with Gasteiger partial charge in [0.15, 0.2) is 0 Å². The summed E-state index contributed by atoms with van der Waals surface area (Å²) in [5.74, 6) is 0.544. The minimum Gasteiger partial charge on any atom is -0.392 e. The van der Waals surface area contributed by atoms with Crippen LogP contribution in [0.3, 0.4) is 0 Å². The van der Waals surface area contributed by atoms with Gasteiger partial charge in [-0.25, -0.2) is 4.39 Å². The number of aliphatic hydroxyl groups excluding tert-OH is 1. The SMILES string of the molecule is O[C@H]1CN[C@@H](c2nc(-c3ccc(-c4cccc(F)c4)cn3)no2)C1. The number of halogens is 1. The zero-order valence-electron chi connectivity index (χ0n) is 12.7. The number of pyridine rings is 1. The first kappa shape index (κ1) is 14.9.